The van der Waals surface area contributed by atoms with Crippen LogP contribution in [0, 0.1) is 0 Å². The summed E-state index contributed by atoms with van der Waals surface area (Å²) in [6.45, 7) is -2.07. The SMILES string of the molecule is [2H]C([2H])([2H])NC(=O)c1nnc(NC(=O)OC)cc1Nc1cccc(-c2noc(CN3CCOC3=O)n2)c1OC. The Balaban J connectivity index is 1.67. The molecule has 0 aliphatic carbocycles. The Bertz CT molecular complexity index is 1400. The average Bonchev–Trinajstić information content (AvgIpc) is 3.52. The molecular weight excluding hydrogens is 476 g/mol. The first-order valence-corrected chi connectivity index (χ1v) is 10.3. The summed E-state index contributed by atoms with van der Waals surface area (Å²) in [5, 5.41) is 18.6. The van der Waals surface area contributed by atoms with Crippen molar-refractivity contribution < 1.29 is 37.2 Å². The minimum atomic E-state index is -2.79. The van der Waals surface area contributed by atoms with Gasteiger partial charge in [-0.25, -0.2) is 9.59 Å². The van der Waals surface area contributed by atoms with Crippen LogP contribution < -0.4 is 20.7 Å². The predicted octanol–water partition coefficient (Wildman–Crippen LogP) is 1.77. The summed E-state index contributed by atoms with van der Waals surface area (Å²) in [5.41, 5.74) is 0.289. The van der Waals surface area contributed by atoms with E-state index in [1.54, 1.807) is 18.2 Å². The van der Waals surface area contributed by atoms with E-state index in [4.69, 9.17) is 18.1 Å². The van der Waals surface area contributed by atoms with Crippen molar-refractivity contribution in [1.29, 1.82) is 0 Å². The Labute approximate surface area is 208 Å². The van der Waals surface area contributed by atoms with Crippen molar-refractivity contribution in [2.24, 2.45) is 0 Å². The van der Waals surface area contributed by atoms with Crippen LogP contribution in [0.4, 0.5) is 26.8 Å². The number of nitrogens with one attached hydrogen (secondary N) is 3. The zero-order valence-corrected chi connectivity index (χ0v) is 19.0. The van der Waals surface area contributed by atoms with Gasteiger partial charge in [-0.3, -0.25) is 15.0 Å². The van der Waals surface area contributed by atoms with Crippen LogP contribution in [0.15, 0.2) is 28.8 Å². The highest BCUT2D eigenvalue weighted by molar-refractivity contribution is 5.99. The van der Waals surface area contributed by atoms with E-state index in [2.05, 4.69) is 35.7 Å². The van der Waals surface area contributed by atoms with Gasteiger partial charge in [0.05, 0.1) is 37.7 Å². The molecule has 0 atom stereocenters. The molecule has 1 aliphatic rings. The van der Waals surface area contributed by atoms with Crippen LogP contribution in [0.3, 0.4) is 0 Å². The smallest absolute Gasteiger partial charge is 0.412 e. The number of aromatic nitrogens is 4. The highest BCUT2D eigenvalue weighted by Gasteiger charge is 2.25. The van der Waals surface area contributed by atoms with E-state index in [-0.39, 0.29) is 47.8 Å². The number of anilines is 3. The number of carbonyl (C=O) groups excluding carboxylic acids is 3. The Hall–Kier alpha value is -4.95. The minimum absolute atomic E-state index is 0.0186. The van der Waals surface area contributed by atoms with Crippen molar-refractivity contribution in [2.75, 3.05) is 45.0 Å². The molecule has 1 fully saturated rings. The first-order valence-electron chi connectivity index (χ1n) is 11.8. The van der Waals surface area contributed by atoms with Crippen LogP contribution in [-0.4, -0.2) is 77.7 Å². The van der Waals surface area contributed by atoms with Gasteiger partial charge in [-0.05, 0) is 12.1 Å². The van der Waals surface area contributed by atoms with E-state index in [0.29, 0.717) is 17.8 Å². The summed E-state index contributed by atoms with van der Waals surface area (Å²) in [7, 11) is 2.54. The maximum Gasteiger partial charge on any atom is 0.412 e. The van der Waals surface area contributed by atoms with E-state index in [1.165, 1.54) is 18.1 Å². The number of benzene rings is 1. The highest BCUT2D eigenvalue weighted by atomic mass is 16.6. The second-order valence-corrected chi connectivity index (χ2v) is 7.12. The fourth-order valence-electron chi connectivity index (χ4n) is 3.27. The molecule has 3 amide bonds. The predicted molar refractivity (Wildman–Crippen MR) is 123 cm³/mol. The van der Waals surface area contributed by atoms with E-state index >= 15 is 0 Å². The van der Waals surface area contributed by atoms with Crippen molar-refractivity contribution in [1.82, 2.24) is 30.6 Å². The van der Waals surface area contributed by atoms with Crippen molar-refractivity contribution in [3.05, 3.63) is 35.9 Å². The first-order chi connectivity index (χ1) is 18.6. The van der Waals surface area contributed by atoms with E-state index in [0.717, 1.165) is 7.11 Å². The second kappa shape index (κ2) is 10.5. The summed E-state index contributed by atoms with van der Waals surface area (Å²) in [4.78, 5) is 41.7. The third kappa shape index (κ3) is 5.08. The van der Waals surface area contributed by atoms with E-state index in [1.807, 2.05) is 5.32 Å². The molecule has 15 heteroatoms. The average molecular weight is 501 g/mol. The molecule has 0 radical (unpaired) electrons. The lowest BCUT2D eigenvalue weighted by molar-refractivity contribution is 0.0958. The summed E-state index contributed by atoms with van der Waals surface area (Å²) in [6.07, 6.45) is -1.33. The van der Waals surface area contributed by atoms with E-state index in [9.17, 15) is 14.4 Å². The van der Waals surface area contributed by atoms with Gasteiger partial charge in [0.2, 0.25) is 11.7 Å². The van der Waals surface area contributed by atoms with Gasteiger partial charge in [-0.2, -0.15) is 4.98 Å². The minimum Gasteiger partial charge on any atom is -0.494 e. The first kappa shape index (κ1) is 20.4. The molecule has 15 nitrogen and oxygen atoms in total. The molecule has 0 bridgehead atoms. The van der Waals surface area contributed by atoms with E-state index < -0.39 is 25.1 Å². The van der Waals surface area contributed by atoms with Gasteiger partial charge >= 0.3 is 12.2 Å². The number of rotatable bonds is 8. The van der Waals surface area contributed by atoms with Crippen molar-refractivity contribution in [3.8, 4) is 17.1 Å². The normalized spacial score (nSPS) is 14.2. The number of hydrogen-bond donors (Lipinski definition) is 3. The lowest BCUT2D eigenvalue weighted by Crippen LogP contribution is -2.23. The van der Waals surface area contributed by atoms with Gasteiger partial charge < -0.3 is 29.4 Å². The molecule has 1 aromatic carbocycles. The molecule has 3 heterocycles. The van der Waals surface area contributed by atoms with Gasteiger partial charge in [0.25, 0.3) is 5.91 Å². The molecular formula is C21H22N8O7. The fraction of sp³-hybridized carbons (Fsp3) is 0.286. The van der Waals surface area contributed by atoms with Crippen molar-refractivity contribution >= 4 is 35.3 Å². The standard InChI is InChI=1S/C21H22N8O7/c1-22-19(30)16-13(9-14(26-27-16)24-20(31)34-3)23-12-6-4-5-11(17(12)33-2)18-25-15(36-28-18)10-29-7-8-35-21(29)32/h4-6,9H,7-8,10H2,1-3H3,(H,22,30)(H2,23,24,26,31)/i1D3. The number of amides is 3. The molecule has 0 spiro atoms. The summed E-state index contributed by atoms with van der Waals surface area (Å²) in [5.74, 6) is -0.586. The largest absolute Gasteiger partial charge is 0.494 e. The Morgan fingerprint density at radius 3 is 2.83 bits per heavy atom. The van der Waals surface area contributed by atoms with Crippen molar-refractivity contribution in [2.45, 2.75) is 6.54 Å². The molecule has 4 rings (SSSR count). The summed E-state index contributed by atoms with van der Waals surface area (Å²) in [6, 6.07) is 6.15. The Morgan fingerprint density at radius 1 is 1.25 bits per heavy atom. The maximum absolute atomic E-state index is 12.6. The third-order valence-electron chi connectivity index (χ3n) is 4.91. The molecule has 1 aliphatic heterocycles. The molecule has 0 saturated carbocycles. The summed E-state index contributed by atoms with van der Waals surface area (Å²) >= 11 is 0. The fourth-order valence-corrected chi connectivity index (χ4v) is 3.27. The molecule has 188 valence electrons. The van der Waals surface area contributed by atoms with Crippen molar-refractivity contribution in [3.63, 3.8) is 0 Å². The zero-order chi connectivity index (χ0) is 28.2. The van der Waals surface area contributed by atoms with Gasteiger partial charge in [0, 0.05) is 17.2 Å². The quantitative estimate of drug-likeness (QED) is 0.407. The monoisotopic (exact) mass is 501 g/mol. The lowest BCUT2D eigenvalue weighted by atomic mass is 10.1. The molecule has 3 N–H and O–H groups in total. The van der Waals surface area contributed by atoms with Gasteiger partial charge in [-0.1, -0.05) is 11.2 Å². The number of ether oxygens (including phenoxy) is 3. The molecule has 3 aromatic rings. The number of para-hydroxylation sites is 1. The van der Waals surface area contributed by atoms with Crippen LogP contribution in [0.5, 0.6) is 5.75 Å². The maximum atomic E-state index is 12.6. The van der Waals surface area contributed by atoms with Gasteiger partial charge in [0.15, 0.2) is 17.3 Å². The zero-order valence-electron chi connectivity index (χ0n) is 22.0. The number of cyclic esters (lactones) is 1. The van der Waals surface area contributed by atoms with Gasteiger partial charge in [-0.15, -0.1) is 10.2 Å². The number of methoxy groups -OCH3 is 2. The Morgan fingerprint density at radius 2 is 2.11 bits per heavy atom. The van der Waals surface area contributed by atoms with Crippen LogP contribution >= 0.6 is 0 Å². The molecule has 1 saturated heterocycles. The van der Waals surface area contributed by atoms with Gasteiger partial charge in [0.1, 0.15) is 13.2 Å². The lowest BCUT2D eigenvalue weighted by Gasteiger charge is -2.15. The molecule has 2 aromatic heterocycles. The Kier molecular flexibility index (Phi) is 5.98. The molecule has 36 heavy (non-hydrogen) atoms. The third-order valence-corrected chi connectivity index (χ3v) is 4.91. The topological polar surface area (TPSA) is 183 Å². The molecule has 0 unspecified atom stereocenters. The number of carbonyl (C=O) groups is 3. The van der Waals surface area contributed by atoms with Crippen LogP contribution in [-0.2, 0) is 16.0 Å². The van der Waals surface area contributed by atoms with Crippen LogP contribution in [0.2, 0.25) is 0 Å². The van der Waals surface area contributed by atoms with Crippen LogP contribution in [0.25, 0.3) is 11.4 Å². The van der Waals surface area contributed by atoms with Crippen LogP contribution in [0.1, 0.15) is 20.5 Å². The second-order valence-electron chi connectivity index (χ2n) is 7.12. The number of nitrogens with zero attached hydrogens (tertiary/aromatic N) is 5. The highest BCUT2D eigenvalue weighted by Crippen LogP contribution is 2.37. The summed E-state index contributed by atoms with van der Waals surface area (Å²) < 4.78 is 42.3. The number of hydrogen-bond acceptors (Lipinski definition) is 12.